The van der Waals surface area contributed by atoms with Gasteiger partial charge in [0.1, 0.15) is 12.4 Å². The molecule has 32 heavy (non-hydrogen) atoms. The highest BCUT2D eigenvalue weighted by molar-refractivity contribution is 7.10. The van der Waals surface area contributed by atoms with Gasteiger partial charge in [0.2, 0.25) is 11.8 Å². The van der Waals surface area contributed by atoms with E-state index in [-0.39, 0.29) is 49.7 Å². The zero-order valence-corrected chi connectivity index (χ0v) is 19.3. The number of hydrogen-bond acceptors (Lipinski definition) is 5. The number of aryl methyl sites for hydroxylation is 1. The van der Waals surface area contributed by atoms with E-state index in [1.165, 1.54) is 12.1 Å². The lowest BCUT2D eigenvalue weighted by Gasteiger charge is -2.28. The minimum absolute atomic E-state index is 0.0117. The van der Waals surface area contributed by atoms with Gasteiger partial charge in [0.15, 0.2) is 0 Å². The Morgan fingerprint density at radius 2 is 1.78 bits per heavy atom. The summed E-state index contributed by atoms with van der Waals surface area (Å²) in [5.74, 6) is -1.11. The third kappa shape index (κ3) is 6.88. The molecule has 6 nitrogen and oxygen atoms in total. The molecule has 3 rings (SSSR count). The average molecular weight is 461 g/mol. The molecular formula is C24H29FN2O4S. The van der Waals surface area contributed by atoms with Crippen LogP contribution in [-0.4, -0.2) is 46.8 Å². The molecule has 0 unspecified atom stereocenters. The lowest BCUT2D eigenvalue weighted by molar-refractivity contribution is -0.146. The Labute approximate surface area is 192 Å². The van der Waals surface area contributed by atoms with E-state index < -0.39 is 5.97 Å². The molecule has 8 heteroatoms. The number of halogens is 1. The molecule has 1 aliphatic rings. The number of hydrogen-bond donors (Lipinski definition) is 0. The molecule has 2 amide bonds. The van der Waals surface area contributed by atoms with Crippen molar-refractivity contribution in [3.05, 3.63) is 57.5 Å². The van der Waals surface area contributed by atoms with Crippen molar-refractivity contribution in [1.82, 2.24) is 9.80 Å². The van der Waals surface area contributed by atoms with Gasteiger partial charge < -0.3 is 14.5 Å². The van der Waals surface area contributed by atoms with Crippen LogP contribution in [0.15, 0.2) is 35.7 Å². The maximum absolute atomic E-state index is 13.3. The molecule has 0 atom stereocenters. The Morgan fingerprint density at radius 1 is 1.06 bits per heavy atom. The first-order valence-electron chi connectivity index (χ1n) is 10.9. The molecule has 2 aromatic rings. The van der Waals surface area contributed by atoms with E-state index in [9.17, 15) is 18.8 Å². The van der Waals surface area contributed by atoms with Gasteiger partial charge >= 0.3 is 5.97 Å². The van der Waals surface area contributed by atoms with Gasteiger partial charge in [0.25, 0.3) is 0 Å². The van der Waals surface area contributed by atoms with Gasteiger partial charge in [0.05, 0.1) is 19.6 Å². The zero-order valence-electron chi connectivity index (χ0n) is 18.5. The first kappa shape index (κ1) is 23.9. The second-order valence-electron chi connectivity index (χ2n) is 7.96. The van der Waals surface area contributed by atoms with Crippen molar-refractivity contribution in [2.45, 2.75) is 58.7 Å². The second-order valence-corrected chi connectivity index (χ2v) is 8.96. The molecule has 1 heterocycles. The third-order valence-corrected chi connectivity index (χ3v) is 6.41. The highest BCUT2D eigenvalue weighted by atomic mass is 32.1. The molecule has 0 spiro atoms. The summed E-state index contributed by atoms with van der Waals surface area (Å²) >= 11 is 1.58. The van der Waals surface area contributed by atoms with Gasteiger partial charge in [-0.2, -0.15) is 0 Å². The number of esters is 1. The van der Waals surface area contributed by atoms with Gasteiger partial charge in [-0.1, -0.05) is 12.1 Å². The second kappa shape index (κ2) is 11.2. The lowest BCUT2D eigenvalue weighted by Crippen LogP contribution is -2.43. The number of benzene rings is 1. The molecule has 1 aromatic heterocycles. The maximum atomic E-state index is 13.3. The smallest absolute Gasteiger partial charge is 0.306 e. The molecule has 0 N–H and O–H groups in total. The van der Waals surface area contributed by atoms with E-state index >= 15 is 0 Å². The molecule has 1 aliphatic carbocycles. The van der Waals surface area contributed by atoms with Crippen molar-refractivity contribution in [2.75, 3.05) is 13.2 Å². The largest absolute Gasteiger partial charge is 0.466 e. The van der Waals surface area contributed by atoms with Crippen LogP contribution in [0.1, 0.15) is 48.6 Å². The highest BCUT2D eigenvalue weighted by Crippen LogP contribution is 2.28. The Hall–Kier alpha value is -2.74. The molecule has 0 bridgehead atoms. The Morgan fingerprint density at radius 3 is 2.38 bits per heavy atom. The topological polar surface area (TPSA) is 66.9 Å². The van der Waals surface area contributed by atoms with E-state index in [4.69, 9.17) is 4.74 Å². The fraction of sp³-hybridized carbons (Fsp3) is 0.458. The number of rotatable bonds is 11. The molecule has 0 radical (unpaired) electrons. The van der Waals surface area contributed by atoms with Crippen LogP contribution < -0.4 is 0 Å². The number of amides is 2. The van der Waals surface area contributed by atoms with Gasteiger partial charge in [0, 0.05) is 23.9 Å². The number of thiophene rings is 1. The summed E-state index contributed by atoms with van der Waals surface area (Å²) in [7, 11) is 0. The summed E-state index contributed by atoms with van der Waals surface area (Å²) in [6.07, 6.45) is 1.77. The molecule has 0 aliphatic heterocycles. The molecular weight excluding hydrogens is 431 g/mol. The summed E-state index contributed by atoms with van der Waals surface area (Å²) in [4.78, 5) is 42.1. The minimum atomic E-state index is -0.408. The molecule has 1 fully saturated rings. The van der Waals surface area contributed by atoms with E-state index in [1.54, 1.807) is 40.2 Å². The van der Waals surface area contributed by atoms with E-state index in [2.05, 4.69) is 0 Å². The average Bonchev–Trinajstić information content (AvgIpc) is 3.53. The van der Waals surface area contributed by atoms with Crippen LogP contribution in [-0.2, 0) is 32.2 Å². The first-order valence-corrected chi connectivity index (χ1v) is 11.8. The number of nitrogens with zero attached hydrogens (tertiary/aromatic N) is 2. The van der Waals surface area contributed by atoms with Crippen molar-refractivity contribution < 1.29 is 23.5 Å². The number of ether oxygens (including phenoxy) is 1. The predicted molar refractivity (Wildman–Crippen MR) is 120 cm³/mol. The fourth-order valence-electron chi connectivity index (χ4n) is 3.42. The molecule has 0 saturated heterocycles. The third-order valence-electron chi connectivity index (χ3n) is 5.40. The van der Waals surface area contributed by atoms with Crippen molar-refractivity contribution >= 4 is 29.1 Å². The van der Waals surface area contributed by atoms with Gasteiger partial charge in [-0.3, -0.25) is 14.4 Å². The van der Waals surface area contributed by atoms with Gasteiger partial charge in [-0.15, -0.1) is 11.3 Å². The monoisotopic (exact) mass is 460 g/mol. The van der Waals surface area contributed by atoms with Crippen molar-refractivity contribution in [3.8, 4) is 0 Å². The Balaban J connectivity index is 1.70. The molecule has 172 valence electrons. The SMILES string of the molecule is CCOC(=O)CCC(=O)N(CC(=O)N(Cc1ccc(F)cc1)Cc1sccc1C)C1CC1. The minimum Gasteiger partial charge on any atom is -0.466 e. The predicted octanol–water partition coefficient (Wildman–Crippen LogP) is 4.06. The lowest BCUT2D eigenvalue weighted by atomic mass is 10.2. The summed E-state index contributed by atoms with van der Waals surface area (Å²) in [5, 5.41) is 1.99. The molecule has 1 saturated carbocycles. The van der Waals surface area contributed by atoms with Crippen molar-refractivity contribution in [1.29, 1.82) is 0 Å². The standard InChI is InChI=1S/C24H29FN2O4S/c1-3-31-24(30)11-10-22(28)27(20-8-9-20)16-23(29)26(15-21-17(2)12-13-32-21)14-18-4-6-19(25)7-5-18/h4-7,12-13,20H,3,8-11,14-16H2,1-2H3. The Bertz CT molecular complexity index is 940. The summed E-state index contributed by atoms with van der Waals surface area (Å²) in [6, 6.07) is 8.15. The van der Waals surface area contributed by atoms with Gasteiger partial charge in [-0.25, -0.2) is 4.39 Å². The number of carbonyl (C=O) groups is 3. The normalized spacial score (nSPS) is 13.0. The molecule has 1 aromatic carbocycles. The zero-order chi connectivity index (χ0) is 23.1. The van der Waals surface area contributed by atoms with Crippen molar-refractivity contribution in [2.24, 2.45) is 0 Å². The van der Waals surface area contributed by atoms with Crippen LogP contribution in [0.2, 0.25) is 0 Å². The quantitative estimate of drug-likeness (QED) is 0.475. The van der Waals surface area contributed by atoms with Crippen LogP contribution in [0.25, 0.3) is 0 Å². The van der Waals surface area contributed by atoms with E-state index in [0.717, 1.165) is 28.8 Å². The van der Waals surface area contributed by atoms with Crippen LogP contribution >= 0.6 is 11.3 Å². The first-order chi connectivity index (χ1) is 15.4. The summed E-state index contributed by atoms with van der Waals surface area (Å²) in [6.45, 7) is 4.72. The maximum Gasteiger partial charge on any atom is 0.306 e. The van der Waals surface area contributed by atoms with Gasteiger partial charge in [-0.05, 0) is 61.4 Å². The van der Waals surface area contributed by atoms with E-state index in [1.807, 2.05) is 18.4 Å². The van der Waals surface area contributed by atoms with Crippen LogP contribution in [0.5, 0.6) is 0 Å². The highest BCUT2D eigenvalue weighted by Gasteiger charge is 2.35. The van der Waals surface area contributed by atoms with Crippen LogP contribution in [0, 0.1) is 12.7 Å². The van der Waals surface area contributed by atoms with Crippen molar-refractivity contribution in [3.63, 3.8) is 0 Å². The van der Waals surface area contributed by atoms with Crippen LogP contribution in [0.3, 0.4) is 0 Å². The van der Waals surface area contributed by atoms with Crippen LogP contribution in [0.4, 0.5) is 4.39 Å². The number of carbonyl (C=O) groups excluding carboxylic acids is 3. The summed E-state index contributed by atoms with van der Waals surface area (Å²) in [5.41, 5.74) is 1.93. The Kier molecular flexibility index (Phi) is 8.39. The fourth-order valence-corrected chi connectivity index (χ4v) is 4.34. The van der Waals surface area contributed by atoms with E-state index in [0.29, 0.717) is 13.1 Å². The summed E-state index contributed by atoms with van der Waals surface area (Å²) < 4.78 is 18.2.